The molecule has 16 heteroatoms. The third kappa shape index (κ3) is 5.06. The van der Waals surface area contributed by atoms with E-state index in [2.05, 4.69) is 20.4 Å². The van der Waals surface area contributed by atoms with Gasteiger partial charge in [-0.3, -0.25) is 0 Å². The minimum atomic E-state index is -2.90. The Hall–Kier alpha value is -3.14. The summed E-state index contributed by atoms with van der Waals surface area (Å²) < 4.78 is 63.6. The molecule has 1 fully saturated rings. The topological polar surface area (TPSA) is 131 Å². The van der Waals surface area contributed by atoms with Gasteiger partial charge in [0.2, 0.25) is 0 Å². The van der Waals surface area contributed by atoms with Gasteiger partial charge in [0.25, 0.3) is 6.43 Å². The van der Waals surface area contributed by atoms with Crippen LogP contribution < -0.4 is 0 Å². The van der Waals surface area contributed by atoms with Crippen LogP contribution in [0.4, 0.5) is 17.6 Å². The molecular formula is C24H20Cl2F4N6O4. The van der Waals surface area contributed by atoms with Crippen molar-refractivity contribution < 1.29 is 37.6 Å². The van der Waals surface area contributed by atoms with E-state index in [0.717, 1.165) is 27.6 Å². The van der Waals surface area contributed by atoms with Crippen LogP contribution in [0.1, 0.15) is 35.8 Å². The highest BCUT2D eigenvalue weighted by Crippen LogP contribution is 2.39. The predicted molar refractivity (Wildman–Crippen MR) is 132 cm³/mol. The Morgan fingerprint density at radius 2 is 1.77 bits per heavy atom. The number of aromatic nitrogens is 6. The summed E-state index contributed by atoms with van der Waals surface area (Å²) in [7, 11) is 0. The highest BCUT2D eigenvalue weighted by molar-refractivity contribution is 6.31. The van der Waals surface area contributed by atoms with Crippen molar-refractivity contribution in [3.8, 4) is 16.9 Å². The average molecular weight is 603 g/mol. The lowest BCUT2D eigenvalue weighted by atomic mass is 9.92. The summed E-state index contributed by atoms with van der Waals surface area (Å²) >= 11 is 11.6. The van der Waals surface area contributed by atoms with Gasteiger partial charge >= 0.3 is 0 Å². The van der Waals surface area contributed by atoms with E-state index in [1.54, 1.807) is 0 Å². The third-order valence-electron chi connectivity index (χ3n) is 6.44. The standard InChI is InChI=1S/C24H20Cl2F4N6O4/c1-9-31-24(36(33-9)16-6-11(25)2-3-12(16)23(29)30)22-21(39)19(20(38)17(8-37)40-22)35-7-15(32-34-35)10-4-13(27)18(26)14(28)5-10/h2-7,17,19-23,37-39H,8H2,1H3/t17-,19+,20+,21-,22-/m1/s1. The smallest absolute Gasteiger partial charge is 0.265 e. The van der Waals surface area contributed by atoms with E-state index < -0.39 is 65.7 Å². The minimum Gasteiger partial charge on any atom is -0.394 e. The van der Waals surface area contributed by atoms with Crippen molar-refractivity contribution in [2.24, 2.45) is 0 Å². The van der Waals surface area contributed by atoms with Gasteiger partial charge in [0, 0.05) is 16.1 Å². The van der Waals surface area contributed by atoms with Crippen LogP contribution in [0.15, 0.2) is 36.5 Å². The molecule has 5 atom stereocenters. The van der Waals surface area contributed by atoms with Crippen molar-refractivity contribution in [3.63, 3.8) is 0 Å². The molecular weight excluding hydrogens is 583 g/mol. The maximum absolute atomic E-state index is 14.0. The summed E-state index contributed by atoms with van der Waals surface area (Å²) in [5.74, 6) is -2.04. The van der Waals surface area contributed by atoms with Crippen LogP contribution in [-0.2, 0) is 4.74 Å². The normalized spacial score (nSPS) is 23.2. The number of hydrogen-bond acceptors (Lipinski definition) is 8. The lowest BCUT2D eigenvalue weighted by molar-refractivity contribution is -0.210. The Bertz CT molecular complexity index is 1530. The highest BCUT2D eigenvalue weighted by atomic mass is 35.5. The van der Waals surface area contributed by atoms with Crippen LogP contribution in [-0.4, -0.2) is 70.0 Å². The molecule has 5 rings (SSSR count). The van der Waals surface area contributed by atoms with Crippen LogP contribution in [0.3, 0.4) is 0 Å². The molecule has 1 aliphatic rings. The van der Waals surface area contributed by atoms with Crippen LogP contribution in [0.5, 0.6) is 0 Å². The molecule has 40 heavy (non-hydrogen) atoms. The van der Waals surface area contributed by atoms with Crippen molar-refractivity contribution >= 4 is 23.2 Å². The van der Waals surface area contributed by atoms with Crippen molar-refractivity contribution in [2.45, 2.75) is 43.8 Å². The number of ether oxygens (including phenoxy) is 1. The quantitative estimate of drug-likeness (QED) is 0.225. The Labute approximate surface area is 233 Å². The highest BCUT2D eigenvalue weighted by Gasteiger charge is 2.48. The van der Waals surface area contributed by atoms with E-state index in [1.165, 1.54) is 25.3 Å². The number of halogens is 6. The summed E-state index contributed by atoms with van der Waals surface area (Å²) in [5.41, 5.74) is -0.573. The molecule has 0 radical (unpaired) electrons. The van der Waals surface area contributed by atoms with Crippen molar-refractivity contribution in [3.05, 3.63) is 75.4 Å². The molecule has 0 aliphatic carbocycles. The molecule has 1 saturated heterocycles. The number of aliphatic hydroxyl groups excluding tert-OH is 3. The third-order valence-corrected chi connectivity index (χ3v) is 7.03. The second-order valence-corrected chi connectivity index (χ2v) is 9.83. The molecule has 0 saturated carbocycles. The largest absolute Gasteiger partial charge is 0.394 e. The van der Waals surface area contributed by atoms with Gasteiger partial charge < -0.3 is 20.1 Å². The van der Waals surface area contributed by atoms with E-state index in [4.69, 9.17) is 27.9 Å². The Morgan fingerprint density at radius 1 is 1.07 bits per heavy atom. The molecule has 0 spiro atoms. The van der Waals surface area contributed by atoms with E-state index >= 15 is 0 Å². The van der Waals surface area contributed by atoms with Crippen LogP contribution >= 0.6 is 23.2 Å². The van der Waals surface area contributed by atoms with Gasteiger partial charge in [0.15, 0.2) is 5.82 Å². The van der Waals surface area contributed by atoms with Crippen molar-refractivity contribution in [2.75, 3.05) is 6.61 Å². The molecule has 4 aromatic rings. The van der Waals surface area contributed by atoms with E-state index in [0.29, 0.717) is 0 Å². The predicted octanol–water partition coefficient (Wildman–Crippen LogP) is 3.75. The van der Waals surface area contributed by atoms with Crippen LogP contribution in [0.25, 0.3) is 16.9 Å². The van der Waals surface area contributed by atoms with Gasteiger partial charge in [-0.25, -0.2) is 31.9 Å². The molecule has 0 bridgehead atoms. The summed E-state index contributed by atoms with van der Waals surface area (Å²) in [6.45, 7) is 0.786. The fourth-order valence-electron chi connectivity index (χ4n) is 4.56. The Morgan fingerprint density at radius 3 is 2.42 bits per heavy atom. The fourth-order valence-corrected chi connectivity index (χ4v) is 4.84. The Balaban J connectivity index is 1.57. The number of nitrogens with zero attached hydrogens (tertiary/aromatic N) is 6. The molecule has 3 heterocycles. The van der Waals surface area contributed by atoms with Crippen LogP contribution in [0.2, 0.25) is 10.0 Å². The molecule has 3 N–H and O–H groups in total. The van der Waals surface area contributed by atoms with Gasteiger partial charge in [0.1, 0.15) is 58.6 Å². The lowest BCUT2D eigenvalue weighted by Crippen LogP contribution is -2.53. The maximum Gasteiger partial charge on any atom is 0.265 e. The molecule has 10 nitrogen and oxygen atoms in total. The van der Waals surface area contributed by atoms with Gasteiger partial charge in [-0.2, -0.15) is 5.10 Å². The van der Waals surface area contributed by atoms with Crippen molar-refractivity contribution in [1.82, 2.24) is 29.8 Å². The zero-order valence-corrected chi connectivity index (χ0v) is 21.8. The number of hydrogen-bond donors (Lipinski definition) is 3. The van der Waals surface area contributed by atoms with Gasteiger partial charge in [-0.05, 0) is 37.3 Å². The minimum absolute atomic E-state index is 0.0167. The van der Waals surface area contributed by atoms with Gasteiger partial charge in [0.05, 0.1) is 18.5 Å². The number of aliphatic hydroxyl groups is 3. The van der Waals surface area contributed by atoms with E-state index in [1.807, 2.05) is 0 Å². The molecule has 2 aromatic heterocycles. The summed E-state index contributed by atoms with van der Waals surface area (Å²) in [5, 5.41) is 43.7. The lowest BCUT2D eigenvalue weighted by Gasteiger charge is -2.41. The monoisotopic (exact) mass is 602 g/mol. The number of aryl methyl sites for hydroxylation is 1. The van der Waals surface area contributed by atoms with Gasteiger partial charge in [-0.15, -0.1) is 5.10 Å². The maximum atomic E-state index is 14.0. The number of rotatable bonds is 6. The number of benzene rings is 2. The fraction of sp³-hybridized carbons (Fsp3) is 0.333. The summed E-state index contributed by atoms with van der Waals surface area (Å²) in [6.07, 6.45) is -7.60. The zero-order valence-electron chi connectivity index (χ0n) is 20.3. The SMILES string of the molecule is Cc1nc([C@@H]2O[C@H](CO)[C@H](O)[C@H](n3cc(-c4cc(F)c(Cl)c(F)c4)nn3)[C@H]2O)n(-c2cc(Cl)ccc2C(F)F)n1. The zero-order chi connectivity index (χ0) is 28.9. The molecule has 0 amide bonds. The average Bonchev–Trinajstić information content (AvgIpc) is 3.54. The molecule has 1 aliphatic heterocycles. The van der Waals surface area contributed by atoms with E-state index in [-0.39, 0.29) is 33.6 Å². The molecule has 212 valence electrons. The van der Waals surface area contributed by atoms with E-state index in [9.17, 15) is 32.9 Å². The molecule has 0 unspecified atom stereocenters. The number of alkyl halides is 2. The van der Waals surface area contributed by atoms with Crippen molar-refractivity contribution in [1.29, 1.82) is 0 Å². The molecule has 2 aromatic carbocycles. The first-order valence-electron chi connectivity index (χ1n) is 11.7. The van der Waals surface area contributed by atoms with Crippen LogP contribution in [0, 0.1) is 18.6 Å². The summed E-state index contributed by atoms with van der Waals surface area (Å²) in [6, 6.07) is 4.21. The second-order valence-electron chi connectivity index (χ2n) is 9.02. The first-order valence-corrected chi connectivity index (χ1v) is 12.5. The Kier molecular flexibility index (Phi) is 7.83. The first kappa shape index (κ1) is 28.4. The summed E-state index contributed by atoms with van der Waals surface area (Å²) in [4.78, 5) is 4.27. The second kappa shape index (κ2) is 11.0. The van der Waals surface area contributed by atoms with Gasteiger partial charge in [-0.1, -0.05) is 28.4 Å². The first-order chi connectivity index (χ1) is 19.0.